The number of hydrogen-bond acceptors (Lipinski definition) is 2. The molecule has 2 aromatic carbocycles. The van der Waals surface area contributed by atoms with Gasteiger partial charge in [0, 0.05) is 4.47 Å². The first-order valence-electron chi connectivity index (χ1n) is 5.18. The van der Waals surface area contributed by atoms with E-state index < -0.39 is 5.82 Å². The maximum Gasteiger partial charge on any atom is 0.146 e. The first kappa shape index (κ1) is 13.2. The SMILES string of the molecule is Nc1ccc(COc2ccc(Br)cc2Cl)cc1F. The molecule has 0 atom stereocenters. The van der Waals surface area contributed by atoms with E-state index in [0.717, 1.165) is 4.47 Å². The summed E-state index contributed by atoms with van der Waals surface area (Å²) in [7, 11) is 0. The maximum absolute atomic E-state index is 13.2. The zero-order valence-electron chi connectivity index (χ0n) is 9.29. The van der Waals surface area contributed by atoms with E-state index in [9.17, 15) is 4.39 Å². The van der Waals surface area contributed by atoms with Crippen LogP contribution in [0.1, 0.15) is 5.56 Å². The number of benzene rings is 2. The van der Waals surface area contributed by atoms with Gasteiger partial charge in [-0.25, -0.2) is 4.39 Å². The smallest absolute Gasteiger partial charge is 0.146 e. The van der Waals surface area contributed by atoms with E-state index in [1.165, 1.54) is 12.1 Å². The number of nitrogen functional groups attached to an aromatic ring is 1. The van der Waals surface area contributed by atoms with Gasteiger partial charge >= 0.3 is 0 Å². The number of hydrogen-bond donors (Lipinski definition) is 1. The largest absolute Gasteiger partial charge is 0.487 e. The van der Waals surface area contributed by atoms with Crippen LogP contribution in [-0.2, 0) is 6.61 Å². The molecule has 0 aromatic heterocycles. The zero-order chi connectivity index (χ0) is 13.1. The zero-order valence-corrected chi connectivity index (χ0v) is 11.6. The summed E-state index contributed by atoms with van der Waals surface area (Å²) in [5.74, 6) is 0.107. The molecule has 0 spiro atoms. The lowest BCUT2D eigenvalue weighted by Crippen LogP contribution is -1.98. The molecule has 0 amide bonds. The van der Waals surface area contributed by atoms with Crippen LogP contribution in [0.5, 0.6) is 5.75 Å². The molecule has 2 aromatic rings. The van der Waals surface area contributed by atoms with Gasteiger partial charge in [0.1, 0.15) is 18.2 Å². The number of rotatable bonds is 3. The second kappa shape index (κ2) is 5.59. The summed E-state index contributed by atoms with van der Waals surface area (Å²) < 4.78 is 19.6. The lowest BCUT2D eigenvalue weighted by atomic mass is 10.2. The molecule has 94 valence electrons. The molecule has 0 saturated heterocycles. The molecule has 0 radical (unpaired) electrons. The molecule has 0 aliphatic heterocycles. The minimum Gasteiger partial charge on any atom is -0.487 e. The topological polar surface area (TPSA) is 35.2 Å². The highest BCUT2D eigenvalue weighted by atomic mass is 79.9. The molecular weight excluding hydrogens is 321 g/mol. The fourth-order valence-corrected chi connectivity index (χ4v) is 2.14. The summed E-state index contributed by atoms with van der Waals surface area (Å²) in [6.07, 6.45) is 0. The lowest BCUT2D eigenvalue weighted by Gasteiger charge is -2.09. The van der Waals surface area contributed by atoms with Crippen molar-refractivity contribution in [2.75, 3.05) is 5.73 Å². The second-order valence-corrected chi connectivity index (χ2v) is 5.04. The van der Waals surface area contributed by atoms with Crippen LogP contribution in [0.2, 0.25) is 5.02 Å². The monoisotopic (exact) mass is 329 g/mol. The van der Waals surface area contributed by atoms with Crippen molar-refractivity contribution >= 4 is 33.2 Å². The molecule has 2 rings (SSSR count). The van der Waals surface area contributed by atoms with E-state index in [1.54, 1.807) is 18.2 Å². The molecule has 2 nitrogen and oxygen atoms in total. The van der Waals surface area contributed by atoms with E-state index in [4.69, 9.17) is 22.1 Å². The molecule has 0 aliphatic rings. The van der Waals surface area contributed by atoms with Crippen LogP contribution < -0.4 is 10.5 Å². The Morgan fingerprint density at radius 1 is 1.22 bits per heavy atom. The van der Waals surface area contributed by atoms with Gasteiger partial charge in [0.05, 0.1) is 10.7 Å². The molecule has 0 fully saturated rings. The first-order chi connectivity index (χ1) is 8.56. The van der Waals surface area contributed by atoms with E-state index in [1.807, 2.05) is 6.07 Å². The van der Waals surface area contributed by atoms with Gasteiger partial charge in [0.15, 0.2) is 0 Å². The van der Waals surface area contributed by atoms with Crippen molar-refractivity contribution in [1.82, 2.24) is 0 Å². The minimum atomic E-state index is -0.446. The molecule has 0 aliphatic carbocycles. The van der Waals surface area contributed by atoms with Crippen molar-refractivity contribution in [1.29, 1.82) is 0 Å². The molecule has 0 unspecified atom stereocenters. The fourth-order valence-electron chi connectivity index (χ4n) is 1.41. The molecule has 5 heteroatoms. The van der Waals surface area contributed by atoms with Crippen LogP contribution in [0.25, 0.3) is 0 Å². The molecular formula is C13H10BrClFNO. The predicted molar refractivity (Wildman–Crippen MR) is 74.3 cm³/mol. The van der Waals surface area contributed by atoms with E-state index >= 15 is 0 Å². The Hall–Kier alpha value is -1.26. The number of ether oxygens (including phenoxy) is 1. The summed E-state index contributed by atoms with van der Waals surface area (Å²) >= 11 is 9.31. The number of halogens is 3. The van der Waals surface area contributed by atoms with E-state index in [-0.39, 0.29) is 12.3 Å². The third kappa shape index (κ3) is 3.15. The summed E-state index contributed by atoms with van der Waals surface area (Å²) in [4.78, 5) is 0. The Balaban J connectivity index is 2.09. The van der Waals surface area contributed by atoms with Gasteiger partial charge in [0.2, 0.25) is 0 Å². The predicted octanol–water partition coefficient (Wildman–Crippen LogP) is 4.40. The molecule has 18 heavy (non-hydrogen) atoms. The average Bonchev–Trinajstić information content (AvgIpc) is 2.32. The maximum atomic E-state index is 13.2. The minimum absolute atomic E-state index is 0.125. The van der Waals surface area contributed by atoms with Crippen molar-refractivity contribution < 1.29 is 9.13 Å². The molecule has 2 N–H and O–H groups in total. The van der Waals surface area contributed by atoms with E-state index in [0.29, 0.717) is 16.3 Å². The van der Waals surface area contributed by atoms with E-state index in [2.05, 4.69) is 15.9 Å². The van der Waals surface area contributed by atoms with Crippen LogP contribution in [0.4, 0.5) is 10.1 Å². The van der Waals surface area contributed by atoms with Crippen molar-refractivity contribution in [2.45, 2.75) is 6.61 Å². The van der Waals surface area contributed by atoms with Gasteiger partial charge in [-0.15, -0.1) is 0 Å². The fraction of sp³-hybridized carbons (Fsp3) is 0.0769. The van der Waals surface area contributed by atoms with Crippen LogP contribution in [0.15, 0.2) is 40.9 Å². The van der Waals surface area contributed by atoms with Crippen LogP contribution >= 0.6 is 27.5 Å². The average molecular weight is 331 g/mol. The molecule has 0 bridgehead atoms. The van der Waals surface area contributed by atoms with Crippen LogP contribution in [-0.4, -0.2) is 0 Å². The third-order valence-electron chi connectivity index (χ3n) is 2.35. The highest BCUT2D eigenvalue weighted by Gasteiger charge is 2.04. The Morgan fingerprint density at radius 2 is 2.00 bits per heavy atom. The Bertz CT molecular complexity index is 577. The van der Waals surface area contributed by atoms with Gasteiger partial charge in [-0.05, 0) is 35.9 Å². The Labute approximate surface area is 118 Å². The summed E-state index contributed by atoms with van der Waals surface area (Å²) in [6.45, 7) is 0.235. The van der Waals surface area contributed by atoms with Crippen LogP contribution in [0.3, 0.4) is 0 Å². The van der Waals surface area contributed by atoms with Crippen molar-refractivity contribution in [2.24, 2.45) is 0 Å². The van der Waals surface area contributed by atoms with Crippen molar-refractivity contribution in [3.8, 4) is 5.75 Å². The highest BCUT2D eigenvalue weighted by Crippen LogP contribution is 2.28. The standard InChI is InChI=1S/C13H10BrClFNO/c14-9-2-4-13(10(15)6-9)18-7-8-1-3-12(17)11(16)5-8/h1-6H,7,17H2. The van der Waals surface area contributed by atoms with Gasteiger partial charge in [-0.1, -0.05) is 33.6 Å². The van der Waals surface area contributed by atoms with Gasteiger partial charge in [0.25, 0.3) is 0 Å². The number of nitrogens with two attached hydrogens (primary N) is 1. The lowest BCUT2D eigenvalue weighted by molar-refractivity contribution is 0.306. The summed E-state index contributed by atoms with van der Waals surface area (Å²) in [6, 6.07) is 9.88. The van der Waals surface area contributed by atoms with Crippen molar-refractivity contribution in [3.05, 3.63) is 57.3 Å². The van der Waals surface area contributed by atoms with Gasteiger partial charge < -0.3 is 10.5 Å². The third-order valence-corrected chi connectivity index (χ3v) is 3.14. The summed E-state index contributed by atoms with van der Waals surface area (Å²) in [5, 5.41) is 0.500. The van der Waals surface area contributed by atoms with Gasteiger partial charge in [-0.2, -0.15) is 0 Å². The van der Waals surface area contributed by atoms with Crippen LogP contribution in [0, 0.1) is 5.82 Å². The quantitative estimate of drug-likeness (QED) is 0.846. The molecule has 0 saturated carbocycles. The summed E-state index contributed by atoms with van der Waals surface area (Å²) in [5.41, 5.74) is 6.22. The number of anilines is 1. The van der Waals surface area contributed by atoms with Gasteiger partial charge in [-0.3, -0.25) is 0 Å². The Kier molecular flexibility index (Phi) is 4.09. The normalized spacial score (nSPS) is 10.4. The molecule has 0 heterocycles. The second-order valence-electron chi connectivity index (χ2n) is 3.72. The first-order valence-corrected chi connectivity index (χ1v) is 6.35. The highest BCUT2D eigenvalue weighted by molar-refractivity contribution is 9.10. The van der Waals surface area contributed by atoms with Crippen molar-refractivity contribution in [3.63, 3.8) is 0 Å². The Morgan fingerprint density at radius 3 is 2.67 bits per heavy atom.